The number of carboxylic acid groups (broad SMARTS) is 1. The third-order valence-corrected chi connectivity index (χ3v) is 2.31. The average molecular weight is 255 g/mol. The highest BCUT2D eigenvalue weighted by Crippen LogP contribution is 2.14. The number of carbonyl (C=O) groups is 2. The summed E-state index contributed by atoms with van der Waals surface area (Å²) in [6, 6.07) is 1.48. The van der Waals surface area contributed by atoms with Gasteiger partial charge in [0, 0.05) is 6.54 Å². The van der Waals surface area contributed by atoms with E-state index in [1.54, 1.807) is 13.8 Å². The summed E-state index contributed by atoms with van der Waals surface area (Å²) in [4.78, 5) is 21.8. The van der Waals surface area contributed by atoms with Crippen molar-refractivity contribution in [2.45, 2.75) is 26.8 Å². The zero-order valence-electron chi connectivity index (χ0n) is 10.5. The summed E-state index contributed by atoms with van der Waals surface area (Å²) >= 11 is 0. The molecule has 6 heteroatoms. The molecule has 6 nitrogen and oxygen atoms in total. The van der Waals surface area contributed by atoms with Crippen LogP contribution in [0.4, 0.5) is 0 Å². The highest BCUT2D eigenvalue weighted by Gasteiger charge is 2.13. The average Bonchev–Trinajstić information content (AvgIpc) is 2.66. The first-order valence-electron chi connectivity index (χ1n) is 5.73. The van der Waals surface area contributed by atoms with Gasteiger partial charge in [0.15, 0.2) is 0 Å². The van der Waals surface area contributed by atoms with E-state index in [1.165, 1.54) is 6.07 Å². The first kappa shape index (κ1) is 14.2. The van der Waals surface area contributed by atoms with Gasteiger partial charge in [-0.1, -0.05) is 0 Å². The van der Waals surface area contributed by atoms with Crippen molar-refractivity contribution in [2.75, 3.05) is 13.2 Å². The lowest BCUT2D eigenvalue weighted by molar-refractivity contribution is -0.142. The summed E-state index contributed by atoms with van der Waals surface area (Å²) in [5, 5.41) is 11.8. The number of esters is 1. The minimum atomic E-state index is -1.01. The van der Waals surface area contributed by atoms with Crippen molar-refractivity contribution in [3.63, 3.8) is 0 Å². The van der Waals surface area contributed by atoms with Gasteiger partial charge in [0.1, 0.15) is 17.1 Å². The lowest BCUT2D eigenvalue weighted by atomic mass is 10.2. The molecule has 0 amide bonds. The van der Waals surface area contributed by atoms with E-state index in [0.29, 0.717) is 31.2 Å². The Balaban J connectivity index is 2.34. The van der Waals surface area contributed by atoms with Crippen LogP contribution in [0.2, 0.25) is 0 Å². The van der Waals surface area contributed by atoms with Gasteiger partial charge in [-0.2, -0.15) is 0 Å². The molecule has 0 bridgehead atoms. The molecule has 100 valence electrons. The molecule has 0 fully saturated rings. The molecule has 1 aromatic heterocycles. The summed E-state index contributed by atoms with van der Waals surface area (Å²) in [5.41, 5.74) is 0.164. The maximum absolute atomic E-state index is 11.0. The monoisotopic (exact) mass is 255 g/mol. The number of furan rings is 1. The van der Waals surface area contributed by atoms with Crippen molar-refractivity contribution in [3.05, 3.63) is 23.2 Å². The standard InChI is InChI=1S/C12H17NO5/c1-3-17-11(14)4-5-13-7-9-6-10(12(15)16)8(2)18-9/h6,13H,3-5,7H2,1-2H3,(H,15,16). The third kappa shape index (κ3) is 4.21. The molecule has 0 aliphatic carbocycles. The lowest BCUT2D eigenvalue weighted by Gasteiger charge is -2.02. The van der Waals surface area contributed by atoms with Crippen LogP contribution in [0.5, 0.6) is 0 Å². The highest BCUT2D eigenvalue weighted by molar-refractivity contribution is 5.88. The zero-order chi connectivity index (χ0) is 13.5. The van der Waals surface area contributed by atoms with E-state index in [4.69, 9.17) is 14.3 Å². The van der Waals surface area contributed by atoms with Crippen molar-refractivity contribution >= 4 is 11.9 Å². The van der Waals surface area contributed by atoms with Crippen molar-refractivity contribution in [1.82, 2.24) is 5.32 Å². The van der Waals surface area contributed by atoms with Crippen molar-refractivity contribution in [2.24, 2.45) is 0 Å². The molecule has 0 radical (unpaired) electrons. The van der Waals surface area contributed by atoms with Gasteiger partial charge in [-0.25, -0.2) is 4.79 Å². The fraction of sp³-hybridized carbons (Fsp3) is 0.500. The number of aromatic carboxylic acids is 1. The quantitative estimate of drug-likeness (QED) is 0.564. The van der Waals surface area contributed by atoms with E-state index in [9.17, 15) is 9.59 Å². The van der Waals surface area contributed by atoms with E-state index in [2.05, 4.69) is 5.32 Å². The zero-order valence-corrected chi connectivity index (χ0v) is 10.5. The topological polar surface area (TPSA) is 88.8 Å². The molecule has 0 aliphatic heterocycles. The Hall–Kier alpha value is -1.82. The summed E-state index contributed by atoms with van der Waals surface area (Å²) < 4.78 is 10.0. The number of hydrogen-bond acceptors (Lipinski definition) is 5. The highest BCUT2D eigenvalue weighted by atomic mass is 16.5. The molecular formula is C12H17NO5. The van der Waals surface area contributed by atoms with Crippen LogP contribution in [0, 0.1) is 6.92 Å². The van der Waals surface area contributed by atoms with Crippen LogP contribution in [0.25, 0.3) is 0 Å². The molecular weight excluding hydrogens is 238 g/mol. The molecule has 0 saturated carbocycles. The second-order valence-electron chi connectivity index (χ2n) is 3.72. The predicted octanol–water partition coefficient (Wildman–Crippen LogP) is 1.33. The van der Waals surface area contributed by atoms with Gasteiger partial charge in [-0.05, 0) is 19.9 Å². The predicted molar refractivity (Wildman–Crippen MR) is 63.4 cm³/mol. The molecule has 1 heterocycles. The SMILES string of the molecule is CCOC(=O)CCNCc1cc(C(=O)O)c(C)o1. The molecule has 0 aromatic carbocycles. The summed E-state index contributed by atoms with van der Waals surface area (Å²) in [5.74, 6) is -0.348. The van der Waals surface area contributed by atoms with Crippen molar-refractivity contribution in [1.29, 1.82) is 0 Å². The van der Waals surface area contributed by atoms with Gasteiger partial charge >= 0.3 is 11.9 Å². The maximum atomic E-state index is 11.0. The number of aryl methyl sites for hydroxylation is 1. The second-order valence-corrected chi connectivity index (χ2v) is 3.72. The molecule has 0 unspecified atom stereocenters. The Morgan fingerprint density at radius 1 is 1.50 bits per heavy atom. The van der Waals surface area contributed by atoms with Crippen LogP contribution in [0.15, 0.2) is 10.5 Å². The van der Waals surface area contributed by atoms with Gasteiger partial charge < -0.3 is 19.6 Å². The Labute approximate surface area is 105 Å². The maximum Gasteiger partial charge on any atom is 0.339 e. The molecule has 0 aliphatic rings. The molecule has 0 saturated heterocycles. The molecule has 1 rings (SSSR count). The van der Waals surface area contributed by atoms with E-state index < -0.39 is 5.97 Å². The van der Waals surface area contributed by atoms with Gasteiger partial charge in [0.05, 0.1) is 19.6 Å². The van der Waals surface area contributed by atoms with Crippen LogP contribution in [0.1, 0.15) is 35.2 Å². The number of carboxylic acids is 1. The van der Waals surface area contributed by atoms with Crippen LogP contribution in [-0.2, 0) is 16.1 Å². The summed E-state index contributed by atoms with van der Waals surface area (Å²) in [6.45, 7) is 4.57. The van der Waals surface area contributed by atoms with Crippen LogP contribution in [0.3, 0.4) is 0 Å². The first-order chi connectivity index (χ1) is 8.54. The van der Waals surface area contributed by atoms with Crippen molar-refractivity contribution < 1.29 is 23.8 Å². The number of ether oxygens (including phenoxy) is 1. The van der Waals surface area contributed by atoms with Crippen LogP contribution >= 0.6 is 0 Å². The molecule has 18 heavy (non-hydrogen) atoms. The van der Waals surface area contributed by atoms with Crippen LogP contribution < -0.4 is 5.32 Å². The smallest absolute Gasteiger partial charge is 0.339 e. The van der Waals surface area contributed by atoms with Crippen LogP contribution in [-0.4, -0.2) is 30.2 Å². The normalized spacial score (nSPS) is 10.3. The van der Waals surface area contributed by atoms with E-state index in [1.807, 2.05) is 0 Å². The van der Waals surface area contributed by atoms with Gasteiger partial charge in [0.2, 0.25) is 0 Å². The Bertz CT molecular complexity index is 424. The van der Waals surface area contributed by atoms with Gasteiger partial charge in [-0.3, -0.25) is 4.79 Å². The minimum Gasteiger partial charge on any atom is -0.478 e. The number of carbonyl (C=O) groups excluding carboxylic acids is 1. The Morgan fingerprint density at radius 2 is 2.22 bits per heavy atom. The summed E-state index contributed by atoms with van der Waals surface area (Å²) in [6.07, 6.45) is 0.277. The first-order valence-corrected chi connectivity index (χ1v) is 5.73. The van der Waals surface area contributed by atoms with E-state index >= 15 is 0 Å². The fourth-order valence-corrected chi connectivity index (χ4v) is 1.48. The Kier molecular flexibility index (Phi) is 5.38. The van der Waals surface area contributed by atoms with Gasteiger partial charge in [-0.15, -0.1) is 0 Å². The summed E-state index contributed by atoms with van der Waals surface area (Å²) in [7, 11) is 0. The molecule has 0 atom stereocenters. The minimum absolute atomic E-state index is 0.164. The lowest BCUT2D eigenvalue weighted by Crippen LogP contribution is -2.18. The van der Waals surface area contributed by atoms with Gasteiger partial charge in [0.25, 0.3) is 0 Å². The van der Waals surface area contributed by atoms with Crippen molar-refractivity contribution in [3.8, 4) is 0 Å². The largest absolute Gasteiger partial charge is 0.478 e. The Morgan fingerprint density at radius 3 is 2.78 bits per heavy atom. The fourth-order valence-electron chi connectivity index (χ4n) is 1.48. The number of rotatable bonds is 7. The van der Waals surface area contributed by atoms with E-state index in [-0.39, 0.29) is 18.0 Å². The number of nitrogens with one attached hydrogen (secondary N) is 1. The van der Waals surface area contributed by atoms with E-state index in [0.717, 1.165) is 0 Å². The molecule has 0 spiro atoms. The second kappa shape index (κ2) is 6.80. The number of hydrogen-bond donors (Lipinski definition) is 2. The molecule has 1 aromatic rings. The molecule has 2 N–H and O–H groups in total. The third-order valence-electron chi connectivity index (χ3n) is 2.31.